The molecule has 0 spiro atoms. The normalized spacial score (nSPS) is 10.8. The predicted molar refractivity (Wildman–Crippen MR) is 56.5 cm³/mol. The van der Waals surface area contributed by atoms with E-state index < -0.39 is 0 Å². The van der Waals surface area contributed by atoms with Crippen LogP contribution >= 0.6 is 15.9 Å². The number of benzene rings is 1. The summed E-state index contributed by atoms with van der Waals surface area (Å²) in [6.45, 7) is 1.86. The Kier molecular flexibility index (Phi) is 4.39. The summed E-state index contributed by atoms with van der Waals surface area (Å²) in [7, 11) is 2.05. The van der Waals surface area contributed by atoms with Crippen molar-refractivity contribution in [2.24, 2.45) is 0 Å². The van der Waals surface area contributed by atoms with Crippen LogP contribution in [0, 0.1) is 5.82 Å². The van der Waals surface area contributed by atoms with Crippen LogP contribution in [0.25, 0.3) is 0 Å². The largest absolute Gasteiger partial charge is 0.301 e. The minimum absolute atomic E-state index is 0.174. The van der Waals surface area contributed by atoms with Crippen molar-refractivity contribution in [1.82, 2.24) is 4.90 Å². The van der Waals surface area contributed by atoms with Crippen LogP contribution < -0.4 is 0 Å². The minimum Gasteiger partial charge on any atom is -0.301 e. The highest BCUT2D eigenvalue weighted by Gasteiger charge is 1.98. The van der Waals surface area contributed by atoms with E-state index in [0.29, 0.717) is 0 Å². The molecule has 0 radical (unpaired) electrons. The molecule has 0 N–H and O–H groups in total. The van der Waals surface area contributed by atoms with Crippen molar-refractivity contribution in [2.45, 2.75) is 6.54 Å². The van der Waals surface area contributed by atoms with Crippen molar-refractivity contribution >= 4 is 15.9 Å². The highest BCUT2D eigenvalue weighted by Crippen LogP contribution is 2.05. The summed E-state index contributed by atoms with van der Waals surface area (Å²) in [4.78, 5) is 2.18. The molecule has 0 aliphatic heterocycles. The van der Waals surface area contributed by atoms with Gasteiger partial charge in [-0.25, -0.2) is 4.39 Å². The van der Waals surface area contributed by atoms with E-state index in [1.165, 1.54) is 12.1 Å². The second-order valence-corrected chi connectivity index (χ2v) is 3.85. The molecule has 0 bridgehead atoms. The van der Waals surface area contributed by atoms with Gasteiger partial charge in [-0.15, -0.1) is 0 Å². The Labute approximate surface area is 86.7 Å². The van der Waals surface area contributed by atoms with Gasteiger partial charge in [0, 0.05) is 18.4 Å². The standard InChI is InChI=1S/C10H13BrFN/c1-13(7-6-11)8-9-2-4-10(12)5-3-9/h2-5H,6-8H2,1H3. The molecule has 0 unspecified atom stereocenters. The fraction of sp³-hybridized carbons (Fsp3) is 0.400. The van der Waals surface area contributed by atoms with Gasteiger partial charge < -0.3 is 4.90 Å². The van der Waals surface area contributed by atoms with E-state index in [-0.39, 0.29) is 5.82 Å². The molecule has 0 amide bonds. The van der Waals surface area contributed by atoms with Crippen molar-refractivity contribution < 1.29 is 4.39 Å². The Morgan fingerprint density at radius 3 is 2.46 bits per heavy atom. The molecule has 0 aliphatic rings. The lowest BCUT2D eigenvalue weighted by Crippen LogP contribution is -2.19. The summed E-state index contributed by atoms with van der Waals surface area (Å²) in [5, 5.41) is 0.963. The zero-order valence-electron chi connectivity index (χ0n) is 7.63. The second kappa shape index (κ2) is 5.35. The molecule has 0 saturated heterocycles. The van der Waals surface area contributed by atoms with E-state index in [1.807, 2.05) is 19.2 Å². The maximum Gasteiger partial charge on any atom is 0.123 e. The topological polar surface area (TPSA) is 3.24 Å². The Hall–Kier alpha value is -0.410. The Morgan fingerprint density at radius 1 is 1.31 bits per heavy atom. The summed E-state index contributed by atoms with van der Waals surface area (Å²) in [5.74, 6) is -0.174. The van der Waals surface area contributed by atoms with Gasteiger partial charge in [-0.3, -0.25) is 0 Å². The van der Waals surface area contributed by atoms with Crippen molar-refractivity contribution in [3.63, 3.8) is 0 Å². The highest BCUT2D eigenvalue weighted by molar-refractivity contribution is 9.09. The number of hydrogen-bond acceptors (Lipinski definition) is 1. The maximum absolute atomic E-state index is 12.6. The Morgan fingerprint density at radius 2 is 1.92 bits per heavy atom. The van der Waals surface area contributed by atoms with Crippen LogP contribution in [0.15, 0.2) is 24.3 Å². The quantitative estimate of drug-likeness (QED) is 0.738. The zero-order chi connectivity index (χ0) is 9.68. The van der Waals surface area contributed by atoms with Gasteiger partial charge in [0.05, 0.1) is 0 Å². The fourth-order valence-corrected chi connectivity index (χ4v) is 1.73. The number of rotatable bonds is 4. The molecule has 0 atom stereocenters. The molecule has 0 saturated carbocycles. The van der Waals surface area contributed by atoms with Gasteiger partial charge in [-0.1, -0.05) is 28.1 Å². The van der Waals surface area contributed by atoms with Crippen molar-refractivity contribution in [1.29, 1.82) is 0 Å². The van der Waals surface area contributed by atoms with E-state index >= 15 is 0 Å². The first-order valence-electron chi connectivity index (χ1n) is 4.21. The summed E-state index contributed by atoms with van der Waals surface area (Å²) in [6.07, 6.45) is 0. The van der Waals surface area contributed by atoms with Crippen LogP contribution in [-0.4, -0.2) is 23.8 Å². The number of hydrogen-bond donors (Lipinski definition) is 0. The van der Waals surface area contributed by atoms with E-state index in [4.69, 9.17) is 0 Å². The lowest BCUT2D eigenvalue weighted by Gasteiger charge is -2.14. The van der Waals surface area contributed by atoms with Gasteiger partial charge in [0.1, 0.15) is 5.82 Å². The molecule has 72 valence electrons. The van der Waals surface area contributed by atoms with Gasteiger partial charge >= 0.3 is 0 Å². The lowest BCUT2D eigenvalue weighted by molar-refractivity contribution is 0.349. The minimum atomic E-state index is -0.174. The monoisotopic (exact) mass is 245 g/mol. The average molecular weight is 246 g/mol. The number of alkyl halides is 1. The maximum atomic E-state index is 12.6. The van der Waals surface area contributed by atoms with Crippen molar-refractivity contribution in [3.8, 4) is 0 Å². The van der Waals surface area contributed by atoms with Crippen molar-refractivity contribution in [3.05, 3.63) is 35.6 Å². The summed E-state index contributed by atoms with van der Waals surface area (Å²) in [5.41, 5.74) is 1.14. The van der Waals surface area contributed by atoms with E-state index in [2.05, 4.69) is 20.8 Å². The third kappa shape index (κ3) is 3.87. The van der Waals surface area contributed by atoms with E-state index in [0.717, 1.165) is 24.0 Å². The third-order valence-corrected chi connectivity index (χ3v) is 2.19. The molecule has 1 rings (SSSR count). The van der Waals surface area contributed by atoms with E-state index in [9.17, 15) is 4.39 Å². The van der Waals surface area contributed by atoms with Crippen LogP contribution in [0.4, 0.5) is 4.39 Å². The third-order valence-electron chi connectivity index (χ3n) is 1.83. The van der Waals surface area contributed by atoms with Crippen molar-refractivity contribution in [2.75, 3.05) is 18.9 Å². The second-order valence-electron chi connectivity index (χ2n) is 3.05. The molecule has 0 fully saturated rings. The highest BCUT2D eigenvalue weighted by atomic mass is 79.9. The molecular formula is C10H13BrFN. The molecular weight excluding hydrogens is 233 g/mol. The van der Waals surface area contributed by atoms with Gasteiger partial charge in [0.25, 0.3) is 0 Å². The van der Waals surface area contributed by atoms with Crippen LogP contribution in [0.2, 0.25) is 0 Å². The van der Waals surface area contributed by atoms with E-state index in [1.54, 1.807) is 0 Å². The van der Waals surface area contributed by atoms with Crippen LogP contribution in [0.1, 0.15) is 5.56 Å². The fourth-order valence-electron chi connectivity index (χ4n) is 1.12. The molecule has 0 heterocycles. The summed E-state index contributed by atoms with van der Waals surface area (Å²) in [6, 6.07) is 6.63. The molecule has 13 heavy (non-hydrogen) atoms. The molecule has 3 heteroatoms. The molecule has 1 aromatic carbocycles. The van der Waals surface area contributed by atoms with Gasteiger partial charge in [0.15, 0.2) is 0 Å². The smallest absolute Gasteiger partial charge is 0.123 e. The Bertz CT molecular complexity index is 248. The predicted octanol–water partition coefficient (Wildman–Crippen LogP) is 2.65. The van der Waals surface area contributed by atoms with Crippen LogP contribution in [0.3, 0.4) is 0 Å². The zero-order valence-corrected chi connectivity index (χ0v) is 9.22. The lowest BCUT2D eigenvalue weighted by atomic mass is 10.2. The average Bonchev–Trinajstić information content (AvgIpc) is 2.09. The first-order valence-corrected chi connectivity index (χ1v) is 5.33. The first kappa shape index (κ1) is 10.7. The van der Waals surface area contributed by atoms with Gasteiger partial charge in [-0.2, -0.15) is 0 Å². The number of nitrogens with zero attached hydrogens (tertiary/aromatic N) is 1. The molecule has 0 aliphatic carbocycles. The molecule has 1 nitrogen and oxygen atoms in total. The van der Waals surface area contributed by atoms with Gasteiger partial charge in [0.2, 0.25) is 0 Å². The first-order chi connectivity index (χ1) is 6.22. The summed E-state index contributed by atoms with van der Waals surface area (Å²) < 4.78 is 12.6. The SMILES string of the molecule is CN(CCBr)Cc1ccc(F)cc1. The van der Waals surface area contributed by atoms with Crippen LogP contribution in [-0.2, 0) is 6.54 Å². The molecule has 1 aromatic rings. The number of halogens is 2. The Balaban J connectivity index is 2.49. The van der Waals surface area contributed by atoms with Gasteiger partial charge in [-0.05, 0) is 24.7 Å². The van der Waals surface area contributed by atoms with Crippen LogP contribution in [0.5, 0.6) is 0 Å². The summed E-state index contributed by atoms with van der Waals surface area (Å²) >= 11 is 3.37. The molecule has 0 aromatic heterocycles.